The molecule has 228 valence electrons. The number of fused-ring (bicyclic) bond motifs is 4. The fraction of sp³-hybridized carbons (Fsp3) is 0.533. The zero-order valence-corrected chi connectivity index (χ0v) is 24.2. The van der Waals surface area contributed by atoms with Crippen LogP contribution in [0.1, 0.15) is 22.8 Å². The summed E-state index contributed by atoms with van der Waals surface area (Å²) in [6.45, 7) is 8.28. The lowest BCUT2D eigenvalue weighted by Crippen LogP contribution is -2.11. The molecule has 42 heavy (non-hydrogen) atoms. The Labute approximate surface area is 247 Å². The predicted molar refractivity (Wildman–Crippen MR) is 163 cm³/mol. The molecule has 0 amide bonds. The molecule has 0 N–H and O–H groups in total. The third-order valence-electron chi connectivity index (χ3n) is 5.43. The van der Waals surface area contributed by atoms with Crippen LogP contribution >= 0.6 is 0 Å². The summed E-state index contributed by atoms with van der Waals surface area (Å²) in [7, 11) is 0. The summed E-state index contributed by atoms with van der Waals surface area (Å²) in [5.41, 5.74) is 3.08. The number of hydrogen-bond acceptors (Lipinski definition) is 12. The van der Waals surface area contributed by atoms with Crippen molar-refractivity contribution in [1.29, 1.82) is 0 Å². The monoisotopic (exact) mass is 582 g/mol. The molecule has 3 rings (SSSR count). The summed E-state index contributed by atoms with van der Waals surface area (Å²) in [6.07, 6.45) is 6.96. The van der Waals surface area contributed by atoms with E-state index in [-0.39, 0.29) is 0 Å². The first-order valence-electron chi connectivity index (χ1n) is 14.3. The molecule has 0 fully saturated rings. The maximum Gasteiger partial charge on any atom is 0.0815 e. The molecule has 0 radical (unpaired) electrons. The molecule has 0 atom stereocenters. The second-order valence-electron chi connectivity index (χ2n) is 8.79. The van der Waals surface area contributed by atoms with E-state index in [1.54, 1.807) is 24.9 Å². The number of hydrogen-bond donors (Lipinski definition) is 0. The lowest BCUT2D eigenvalue weighted by Gasteiger charge is -2.05. The quantitative estimate of drug-likeness (QED) is 0.461. The molecule has 2 aromatic heterocycles. The van der Waals surface area contributed by atoms with Gasteiger partial charge in [0.2, 0.25) is 0 Å². The molecular weight excluding hydrogens is 540 g/mol. The Morgan fingerprint density at radius 2 is 0.571 bits per heavy atom. The Bertz CT molecular complexity index is 937. The minimum absolute atomic E-state index is 0.505. The van der Waals surface area contributed by atoms with Crippen molar-refractivity contribution in [1.82, 2.24) is 9.97 Å². The van der Waals surface area contributed by atoms with Crippen molar-refractivity contribution in [3.8, 4) is 0 Å². The average Bonchev–Trinajstić information content (AvgIpc) is 3.01. The molecule has 12 nitrogen and oxygen atoms in total. The van der Waals surface area contributed by atoms with Crippen molar-refractivity contribution >= 4 is 24.9 Å². The van der Waals surface area contributed by atoms with Crippen LogP contribution in [0.2, 0.25) is 0 Å². The van der Waals surface area contributed by atoms with Gasteiger partial charge in [-0.05, 0) is 24.3 Å². The molecule has 1 aliphatic heterocycles. The normalized spacial score (nSPS) is 18.9. The number of pyridine rings is 2. The van der Waals surface area contributed by atoms with Crippen molar-refractivity contribution in [2.45, 2.75) is 0 Å². The van der Waals surface area contributed by atoms with Crippen LogP contribution in [0.5, 0.6) is 0 Å². The molecule has 0 spiro atoms. The van der Waals surface area contributed by atoms with E-state index in [0.717, 1.165) is 22.8 Å². The fourth-order valence-electron chi connectivity index (χ4n) is 3.41. The standard InChI is InChI=1S/C30H42N6O6/c1-3-27-23-31-7-11-37-15-19-41-21-17-39-13-9-33-25-29-5-2-6-30(36-29)26-34-10-14-40-18-22-42-20-16-38-12-8-32-24-28(4-1)35-27/h1-6,23-26H,7-22H2. The summed E-state index contributed by atoms with van der Waals surface area (Å²) in [5, 5.41) is 0. The average molecular weight is 583 g/mol. The van der Waals surface area contributed by atoms with E-state index in [0.29, 0.717) is 105 Å². The smallest absolute Gasteiger partial charge is 0.0815 e. The maximum absolute atomic E-state index is 5.56. The van der Waals surface area contributed by atoms with Gasteiger partial charge in [0.1, 0.15) is 0 Å². The first-order valence-corrected chi connectivity index (χ1v) is 14.3. The van der Waals surface area contributed by atoms with Gasteiger partial charge in [-0.15, -0.1) is 0 Å². The highest BCUT2D eigenvalue weighted by Crippen LogP contribution is 1.97. The van der Waals surface area contributed by atoms with E-state index in [2.05, 4.69) is 29.9 Å². The molecule has 1 aliphatic rings. The van der Waals surface area contributed by atoms with Crippen molar-refractivity contribution in [3.05, 3.63) is 59.2 Å². The van der Waals surface area contributed by atoms with E-state index < -0.39 is 0 Å². The van der Waals surface area contributed by atoms with Gasteiger partial charge in [-0.25, -0.2) is 9.97 Å². The van der Waals surface area contributed by atoms with Gasteiger partial charge < -0.3 is 28.4 Å². The van der Waals surface area contributed by atoms with Gasteiger partial charge in [0.25, 0.3) is 0 Å². The van der Waals surface area contributed by atoms with E-state index >= 15 is 0 Å². The minimum Gasteiger partial charge on any atom is -0.377 e. The molecule has 4 bridgehead atoms. The SMILES string of the molecule is C1=NCCOCCOCCOCCN=Cc2cccc(n2)C=NCCOCCOCCOCCN=Cc2cccc1n2. The highest BCUT2D eigenvalue weighted by molar-refractivity contribution is 5.82. The van der Waals surface area contributed by atoms with Crippen LogP contribution in [0.3, 0.4) is 0 Å². The van der Waals surface area contributed by atoms with Crippen LogP contribution in [-0.4, -0.2) is 140 Å². The van der Waals surface area contributed by atoms with Crippen LogP contribution in [-0.2, 0) is 28.4 Å². The zero-order valence-electron chi connectivity index (χ0n) is 24.2. The second-order valence-corrected chi connectivity index (χ2v) is 8.79. The summed E-state index contributed by atoms with van der Waals surface area (Å²) in [5.74, 6) is 0. The van der Waals surface area contributed by atoms with Gasteiger partial charge >= 0.3 is 0 Å². The second kappa shape index (κ2) is 23.3. The molecule has 0 saturated carbocycles. The lowest BCUT2D eigenvalue weighted by molar-refractivity contribution is 0.0176. The minimum atomic E-state index is 0.505. The topological polar surface area (TPSA) is 131 Å². The van der Waals surface area contributed by atoms with Crippen molar-refractivity contribution in [2.75, 3.05) is 105 Å². The number of aliphatic imine (C=N–C) groups is 4. The van der Waals surface area contributed by atoms with Gasteiger partial charge in [-0.3, -0.25) is 20.0 Å². The van der Waals surface area contributed by atoms with Crippen LogP contribution in [0.4, 0.5) is 0 Å². The van der Waals surface area contributed by atoms with Gasteiger partial charge in [0.05, 0.1) is 128 Å². The first-order chi connectivity index (χ1) is 20.9. The van der Waals surface area contributed by atoms with E-state index in [9.17, 15) is 0 Å². The molecule has 0 unspecified atom stereocenters. The summed E-state index contributed by atoms with van der Waals surface area (Å²) >= 11 is 0. The summed E-state index contributed by atoms with van der Waals surface area (Å²) < 4.78 is 33.3. The molecule has 3 heterocycles. The summed E-state index contributed by atoms with van der Waals surface area (Å²) in [6, 6.07) is 11.5. The Morgan fingerprint density at radius 1 is 0.333 bits per heavy atom. The molecule has 0 saturated heterocycles. The Hall–Kier alpha value is -3.26. The van der Waals surface area contributed by atoms with E-state index in [1.807, 2.05) is 36.4 Å². The van der Waals surface area contributed by atoms with Crippen molar-refractivity contribution in [2.24, 2.45) is 20.0 Å². The largest absolute Gasteiger partial charge is 0.377 e. The Balaban J connectivity index is 1.38. The zero-order chi connectivity index (χ0) is 29.2. The maximum atomic E-state index is 5.56. The van der Waals surface area contributed by atoms with Crippen LogP contribution in [0, 0.1) is 0 Å². The number of rotatable bonds is 0. The van der Waals surface area contributed by atoms with Gasteiger partial charge in [0.15, 0.2) is 0 Å². The van der Waals surface area contributed by atoms with E-state index in [1.165, 1.54) is 0 Å². The van der Waals surface area contributed by atoms with Gasteiger partial charge in [-0.2, -0.15) is 0 Å². The molecular formula is C30H42N6O6. The van der Waals surface area contributed by atoms with Gasteiger partial charge in [0, 0.05) is 24.9 Å². The number of aromatic nitrogens is 2. The Morgan fingerprint density at radius 3 is 0.833 bits per heavy atom. The fourth-order valence-corrected chi connectivity index (χ4v) is 3.41. The lowest BCUT2D eigenvalue weighted by atomic mass is 10.3. The van der Waals surface area contributed by atoms with Crippen LogP contribution < -0.4 is 0 Å². The predicted octanol–water partition coefficient (Wildman–Crippen LogP) is 1.97. The van der Waals surface area contributed by atoms with Crippen LogP contribution in [0.25, 0.3) is 0 Å². The molecule has 0 aromatic carbocycles. The van der Waals surface area contributed by atoms with E-state index in [4.69, 9.17) is 28.4 Å². The van der Waals surface area contributed by atoms with Crippen LogP contribution in [0.15, 0.2) is 56.4 Å². The first kappa shape index (κ1) is 33.2. The third kappa shape index (κ3) is 16.9. The molecule has 0 aliphatic carbocycles. The third-order valence-corrected chi connectivity index (χ3v) is 5.43. The highest BCUT2D eigenvalue weighted by atomic mass is 16.5. The summed E-state index contributed by atoms with van der Waals surface area (Å²) in [4.78, 5) is 26.6. The number of ether oxygens (including phenoxy) is 6. The van der Waals surface area contributed by atoms with Crippen molar-refractivity contribution in [3.63, 3.8) is 0 Å². The molecule has 12 heteroatoms. The van der Waals surface area contributed by atoms with Crippen molar-refractivity contribution < 1.29 is 28.4 Å². The molecule has 2 aromatic rings. The number of nitrogens with zero attached hydrogens (tertiary/aromatic N) is 6. The Kier molecular flexibility index (Phi) is 18.5. The van der Waals surface area contributed by atoms with Gasteiger partial charge in [-0.1, -0.05) is 12.1 Å². The highest BCUT2D eigenvalue weighted by Gasteiger charge is 1.97.